The Labute approximate surface area is 131 Å². The summed E-state index contributed by atoms with van der Waals surface area (Å²) in [6.45, 7) is 4.74. The van der Waals surface area contributed by atoms with E-state index in [0.29, 0.717) is 24.4 Å². The van der Waals surface area contributed by atoms with Gasteiger partial charge in [0.05, 0.1) is 4.90 Å². The molecule has 0 spiro atoms. The summed E-state index contributed by atoms with van der Waals surface area (Å²) in [5, 5.41) is 3.17. The fraction of sp³-hybridized carbons (Fsp3) is 0.571. The number of thioether (sulfide) groups is 1. The van der Waals surface area contributed by atoms with Crippen LogP contribution in [-0.4, -0.2) is 44.4 Å². The van der Waals surface area contributed by atoms with E-state index >= 15 is 0 Å². The van der Waals surface area contributed by atoms with Crippen LogP contribution in [0.1, 0.15) is 19.4 Å². The first-order chi connectivity index (χ1) is 9.78. The Bertz CT molecular complexity index is 562. The summed E-state index contributed by atoms with van der Waals surface area (Å²) in [5.74, 6) is 0.157. The van der Waals surface area contributed by atoms with Gasteiger partial charge in [0, 0.05) is 31.9 Å². The van der Waals surface area contributed by atoms with Gasteiger partial charge in [-0.2, -0.15) is 11.8 Å². The molecule has 0 radical (unpaired) electrons. The van der Waals surface area contributed by atoms with E-state index < -0.39 is 15.8 Å². The highest BCUT2D eigenvalue weighted by Crippen LogP contribution is 2.21. The first-order valence-electron chi connectivity index (χ1n) is 6.76. The molecular weight excluding hydrogens is 311 g/mol. The molecule has 0 aliphatic carbocycles. The van der Waals surface area contributed by atoms with Crippen molar-refractivity contribution < 1.29 is 12.8 Å². The topological polar surface area (TPSA) is 49.4 Å². The van der Waals surface area contributed by atoms with Crippen LogP contribution in [0.4, 0.5) is 4.39 Å². The highest BCUT2D eigenvalue weighted by molar-refractivity contribution is 7.98. The number of benzene rings is 1. The molecule has 0 heterocycles. The van der Waals surface area contributed by atoms with Gasteiger partial charge in [-0.15, -0.1) is 0 Å². The molecule has 0 aromatic heterocycles. The number of nitrogens with zero attached hydrogens (tertiary/aromatic N) is 1. The van der Waals surface area contributed by atoms with Gasteiger partial charge in [-0.1, -0.05) is 19.9 Å². The first-order valence-corrected chi connectivity index (χ1v) is 9.59. The predicted octanol–water partition coefficient (Wildman–Crippen LogP) is 2.31. The van der Waals surface area contributed by atoms with Crippen LogP contribution >= 0.6 is 11.8 Å². The molecule has 1 N–H and O–H groups in total. The number of halogens is 1. The van der Waals surface area contributed by atoms with E-state index in [1.165, 1.54) is 23.5 Å². The minimum atomic E-state index is -3.67. The van der Waals surface area contributed by atoms with Gasteiger partial charge in [0.15, 0.2) is 0 Å². The van der Waals surface area contributed by atoms with Crippen LogP contribution in [0.2, 0.25) is 0 Å². The summed E-state index contributed by atoms with van der Waals surface area (Å²) in [4.78, 5) is 0.0410. The van der Waals surface area contributed by atoms with Crippen LogP contribution in [0.5, 0.6) is 0 Å². The van der Waals surface area contributed by atoms with Crippen molar-refractivity contribution in [1.29, 1.82) is 0 Å². The average molecular weight is 334 g/mol. The van der Waals surface area contributed by atoms with Gasteiger partial charge in [0.25, 0.3) is 0 Å². The van der Waals surface area contributed by atoms with Gasteiger partial charge >= 0.3 is 0 Å². The van der Waals surface area contributed by atoms with Gasteiger partial charge in [0.2, 0.25) is 10.0 Å². The normalized spacial score (nSPS) is 12.3. The minimum absolute atomic E-state index is 0.0410. The third-order valence-corrected chi connectivity index (χ3v) is 5.56. The summed E-state index contributed by atoms with van der Waals surface area (Å²) < 4.78 is 39.9. The highest BCUT2D eigenvalue weighted by Gasteiger charge is 2.24. The lowest BCUT2D eigenvalue weighted by Crippen LogP contribution is -2.31. The standard InChI is InChI=1S/C14H23FN2O2S2/c1-11(2)16-10-12-5-6-13(15)9-14(12)21(18,19)17(3)7-8-20-4/h5-6,9,11,16H,7-8,10H2,1-4H3. The molecule has 0 saturated carbocycles. The number of hydrogen-bond acceptors (Lipinski definition) is 4. The number of rotatable bonds is 8. The molecule has 1 aromatic carbocycles. The minimum Gasteiger partial charge on any atom is -0.310 e. The molecule has 0 aliphatic rings. The van der Waals surface area contributed by atoms with Crippen molar-refractivity contribution in [3.05, 3.63) is 29.6 Å². The second-order valence-corrected chi connectivity index (χ2v) is 8.11. The molecule has 1 aromatic rings. The Morgan fingerprint density at radius 1 is 1.38 bits per heavy atom. The van der Waals surface area contributed by atoms with Crippen LogP contribution in [-0.2, 0) is 16.6 Å². The predicted molar refractivity (Wildman–Crippen MR) is 86.6 cm³/mol. The van der Waals surface area contributed by atoms with E-state index in [-0.39, 0.29) is 10.9 Å². The SMILES string of the molecule is CSCCN(C)S(=O)(=O)c1cc(F)ccc1CNC(C)C. The molecule has 0 bridgehead atoms. The summed E-state index contributed by atoms with van der Waals surface area (Å²) in [5.41, 5.74) is 0.584. The zero-order valence-electron chi connectivity index (χ0n) is 12.9. The molecule has 0 aliphatic heterocycles. The zero-order chi connectivity index (χ0) is 16.0. The molecule has 0 saturated heterocycles. The quantitative estimate of drug-likeness (QED) is 0.792. The molecule has 0 atom stereocenters. The lowest BCUT2D eigenvalue weighted by Gasteiger charge is -2.19. The third-order valence-electron chi connectivity index (χ3n) is 3.03. The average Bonchev–Trinajstić information content (AvgIpc) is 2.42. The molecule has 0 unspecified atom stereocenters. The number of nitrogens with one attached hydrogen (secondary N) is 1. The van der Waals surface area contributed by atoms with Crippen LogP contribution < -0.4 is 5.32 Å². The molecule has 0 fully saturated rings. The maximum Gasteiger partial charge on any atom is 0.243 e. The van der Waals surface area contributed by atoms with E-state index in [0.717, 1.165) is 6.07 Å². The van der Waals surface area contributed by atoms with Gasteiger partial charge in [0.1, 0.15) is 5.82 Å². The van der Waals surface area contributed by atoms with Crippen molar-refractivity contribution in [2.45, 2.75) is 31.3 Å². The molecule has 1 rings (SSSR count). The van der Waals surface area contributed by atoms with Gasteiger partial charge in [-0.25, -0.2) is 17.1 Å². The summed E-state index contributed by atoms with van der Waals surface area (Å²) in [6.07, 6.45) is 1.92. The maximum absolute atomic E-state index is 13.5. The highest BCUT2D eigenvalue weighted by atomic mass is 32.2. The second kappa shape index (κ2) is 8.12. The fourth-order valence-corrected chi connectivity index (χ4v) is 3.71. The van der Waals surface area contributed by atoms with Crippen molar-refractivity contribution >= 4 is 21.8 Å². The Balaban J connectivity index is 3.11. The summed E-state index contributed by atoms with van der Waals surface area (Å²) in [6, 6.07) is 4.14. The summed E-state index contributed by atoms with van der Waals surface area (Å²) in [7, 11) is -2.15. The van der Waals surface area contributed by atoms with Gasteiger partial charge < -0.3 is 5.32 Å². The third kappa shape index (κ3) is 5.25. The monoisotopic (exact) mass is 334 g/mol. The molecular formula is C14H23FN2O2S2. The van der Waals surface area contributed by atoms with Crippen molar-refractivity contribution in [2.24, 2.45) is 0 Å². The van der Waals surface area contributed by atoms with Gasteiger partial charge in [-0.3, -0.25) is 0 Å². The van der Waals surface area contributed by atoms with Crippen molar-refractivity contribution in [2.75, 3.05) is 25.6 Å². The Kier molecular flexibility index (Phi) is 7.12. The largest absolute Gasteiger partial charge is 0.310 e. The van der Waals surface area contributed by atoms with E-state index in [9.17, 15) is 12.8 Å². The van der Waals surface area contributed by atoms with Crippen molar-refractivity contribution in [3.63, 3.8) is 0 Å². The number of hydrogen-bond donors (Lipinski definition) is 1. The van der Waals surface area contributed by atoms with E-state index in [2.05, 4.69) is 5.32 Å². The smallest absolute Gasteiger partial charge is 0.243 e. The first kappa shape index (κ1) is 18.4. The molecule has 0 amide bonds. The molecule has 120 valence electrons. The maximum atomic E-state index is 13.5. The summed E-state index contributed by atoms with van der Waals surface area (Å²) >= 11 is 1.57. The fourth-order valence-electron chi connectivity index (χ4n) is 1.74. The van der Waals surface area contributed by atoms with Gasteiger partial charge in [-0.05, 0) is 24.0 Å². The lowest BCUT2D eigenvalue weighted by atomic mass is 10.2. The second-order valence-electron chi connectivity index (χ2n) is 5.11. The molecule has 4 nitrogen and oxygen atoms in total. The van der Waals surface area contributed by atoms with Crippen molar-refractivity contribution in [1.82, 2.24) is 9.62 Å². The Morgan fingerprint density at radius 2 is 2.05 bits per heavy atom. The molecule has 7 heteroatoms. The Hall–Kier alpha value is -0.630. The van der Waals surface area contributed by atoms with Crippen LogP contribution in [0.3, 0.4) is 0 Å². The van der Waals surface area contributed by atoms with E-state index in [4.69, 9.17) is 0 Å². The van der Waals surface area contributed by atoms with E-state index in [1.807, 2.05) is 20.1 Å². The van der Waals surface area contributed by atoms with Crippen molar-refractivity contribution in [3.8, 4) is 0 Å². The van der Waals surface area contributed by atoms with Crippen LogP contribution in [0.15, 0.2) is 23.1 Å². The lowest BCUT2D eigenvalue weighted by molar-refractivity contribution is 0.485. The van der Waals surface area contributed by atoms with E-state index in [1.54, 1.807) is 11.8 Å². The Morgan fingerprint density at radius 3 is 2.62 bits per heavy atom. The molecule has 21 heavy (non-hydrogen) atoms. The zero-order valence-corrected chi connectivity index (χ0v) is 14.5. The number of sulfonamides is 1. The van der Waals surface area contributed by atoms with Crippen LogP contribution in [0.25, 0.3) is 0 Å². The van der Waals surface area contributed by atoms with Crippen LogP contribution in [0, 0.1) is 5.82 Å².